The Kier molecular flexibility index (Phi) is 2.82. The van der Waals surface area contributed by atoms with E-state index in [0.29, 0.717) is 12.1 Å². The number of hydrogen-bond acceptors (Lipinski definition) is 3. The average molecular weight is 231 g/mol. The van der Waals surface area contributed by atoms with E-state index in [9.17, 15) is 9.59 Å². The molecule has 0 aromatic heterocycles. The number of rotatable bonds is 2. The normalized spacial score (nSPS) is 15.2. The first-order valence-electron chi connectivity index (χ1n) is 5.18. The maximum atomic E-state index is 11.8. The van der Waals surface area contributed by atoms with E-state index in [1.54, 1.807) is 40.3 Å². The van der Waals surface area contributed by atoms with Crippen LogP contribution in [0.15, 0.2) is 36.7 Å². The summed E-state index contributed by atoms with van der Waals surface area (Å²) in [5.41, 5.74) is 6.30. The van der Waals surface area contributed by atoms with Crippen molar-refractivity contribution in [3.05, 3.63) is 42.2 Å². The lowest BCUT2D eigenvalue weighted by molar-refractivity contribution is -0.118. The van der Waals surface area contributed by atoms with Crippen LogP contribution in [-0.2, 0) is 4.79 Å². The lowest BCUT2D eigenvalue weighted by Crippen LogP contribution is -2.38. The number of benzene rings is 1. The lowest BCUT2D eigenvalue weighted by Gasteiger charge is -2.27. The van der Waals surface area contributed by atoms with Crippen LogP contribution in [0.1, 0.15) is 10.4 Å². The van der Waals surface area contributed by atoms with E-state index >= 15 is 0 Å². The van der Waals surface area contributed by atoms with Crippen molar-refractivity contribution in [3.8, 4) is 0 Å². The third-order valence-electron chi connectivity index (χ3n) is 2.55. The molecule has 5 heteroatoms. The fourth-order valence-electron chi connectivity index (χ4n) is 1.62. The molecule has 0 bridgehead atoms. The van der Waals surface area contributed by atoms with E-state index in [0.717, 1.165) is 5.69 Å². The minimum atomic E-state index is -0.475. The van der Waals surface area contributed by atoms with Crippen LogP contribution in [0.25, 0.3) is 0 Å². The molecule has 2 N–H and O–H groups in total. The molecule has 0 spiro atoms. The molecule has 2 rings (SSSR count). The third kappa shape index (κ3) is 2.28. The zero-order valence-electron chi connectivity index (χ0n) is 9.46. The van der Waals surface area contributed by atoms with E-state index in [1.165, 1.54) is 0 Å². The van der Waals surface area contributed by atoms with Gasteiger partial charge >= 0.3 is 0 Å². The molecule has 1 aliphatic heterocycles. The van der Waals surface area contributed by atoms with Gasteiger partial charge in [0.15, 0.2) is 0 Å². The van der Waals surface area contributed by atoms with Crippen molar-refractivity contribution in [3.63, 3.8) is 0 Å². The Balaban J connectivity index is 2.26. The maximum Gasteiger partial charge on any atom is 0.250 e. The number of anilines is 1. The van der Waals surface area contributed by atoms with Gasteiger partial charge in [-0.15, -0.1) is 0 Å². The second-order valence-corrected chi connectivity index (χ2v) is 3.89. The van der Waals surface area contributed by atoms with Gasteiger partial charge in [-0.25, -0.2) is 0 Å². The molecule has 0 aliphatic carbocycles. The van der Waals surface area contributed by atoms with Gasteiger partial charge in [0.1, 0.15) is 0 Å². The summed E-state index contributed by atoms with van der Waals surface area (Å²) in [6.45, 7) is 0.341. The quantitative estimate of drug-likeness (QED) is 0.807. The number of primary amides is 1. The molecule has 0 fully saturated rings. The van der Waals surface area contributed by atoms with Gasteiger partial charge in [-0.1, -0.05) is 0 Å². The maximum absolute atomic E-state index is 11.8. The molecule has 0 radical (unpaired) electrons. The molecule has 1 heterocycles. The monoisotopic (exact) mass is 231 g/mol. The summed E-state index contributed by atoms with van der Waals surface area (Å²) in [5, 5.41) is 0. The van der Waals surface area contributed by atoms with Crippen LogP contribution < -0.4 is 10.6 Å². The SMILES string of the molecule is CN1C=CN(c2ccc(C(N)=O)cc2)C(=O)C1. The minimum Gasteiger partial charge on any atom is -0.370 e. The Hall–Kier alpha value is -2.30. The van der Waals surface area contributed by atoms with Crippen molar-refractivity contribution < 1.29 is 9.59 Å². The van der Waals surface area contributed by atoms with Crippen LogP contribution >= 0.6 is 0 Å². The number of hydrogen-bond donors (Lipinski definition) is 1. The Labute approximate surface area is 99.1 Å². The van der Waals surface area contributed by atoms with Crippen molar-refractivity contribution in [2.75, 3.05) is 18.5 Å². The third-order valence-corrected chi connectivity index (χ3v) is 2.55. The number of carbonyl (C=O) groups is 2. The molecular formula is C12H13N3O2. The van der Waals surface area contributed by atoms with Crippen LogP contribution in [0, 0.1) is 0 Å². The largest absolute Gasteiger partial charge is 0.370 e. The summed E-state index contributed by atoms with van der Waals surface area (Å²) >= 11 is 0. The predicted molar refractivity (Wildman–Crippen MR) is 64.2 cm³/mol. The van der Waals surface area contributed by atoms with E-state index in [4.69, 9.17) is 5.73 Å². The second kappa shape index (κ2) is 4.29. The smallest absolute Gasteiger partial charge is 0.250 e. The highest BCUT2D eigenvalue weighted by molar-refractivity contribution is 5.98. The summed E-state index contributed by atoms with van der Waals surface area (Å²) in [6.07, 6.45) is 3.52. The first-order chi connectivity index (χ1) is 8.08. The van der Waals surface area contributed by atoms with Crippen molar-refractivity contribution in [1.29, 1.82) is 0 Å². The number of nitrogens with zero attached hydrogens (tertiary/aromatic N) is 2. The molecule has 17 heavy (non-hydrogen) atoms. The fraction of sp³-hybridized carbons (Fsp3) is 0.167. The van der Waals surface area contributed by atoms with Crippen molar-refractivity contribution in [2.45, 2.75) is 0 Å². The van der Waals surface area contributed by atoms with Crippen LogP contribution in [-0.4, -0.2) is 30.3 Å². The Morgan fingerprint density at radius 3 is 2.41 bits per heavy atom. The van der Waals surface area contributed by atoms with E-state index < -0.39 is 5.91 Å². The molecular weight excluding hydrogens is 218 g/mol. The summed E-state index contributed by atoms with van der Waals surface area (Å²) in [4.78, 5) is 26.0. The highest BCUT2D eigenvalue weighted by Gasteiger charge is 2.18. The molecule has 0 saturated heterocycles. The Morgan fingerprint density at radius 2 is 1.88 bits per heavy atom. The number of nitrogens with two attached hydrogens (primary N) is 1. The molecule has 2 amide bonds. The van der Waals surface area contributed by atoms with Gasteiger partial charge in [0.25, 0.3) is 5.91 Å². The molecule has 1 aromatic carbocycles. The van der Waals surface area contributed by atoms with E-state index in [2.05, 4.69) is 0 Å². The zero-order valence-corrected chi connectivity index (χ0v) is 9.46. The minimum absolute atomic E-state index is 0.0122. The van der Waals surface area contributed by atoms with Gasteiger partial charge in [-0.05, 0) is 24.3 Å². The molecule has 0 saturated carbocycles. The molecule has 5 nitrogen and oxygen atoms in total. The topological polar surface area (TPSA) is 66.6 Å². The van der Waals surface area contributed by atoms with E-state index in [-0.39, 0.29) is 5.91 Å². The van der Waals surface area contributed by atoms with Crippen molar-refractivity contribution >= 4 is 17.5 Å². The van der Waals surface area contributed by atoms with Gasteiger partial charge in [0.05, 0.1) is 6.54 Å². The lowest BCUT2D eigenvalue weighted by atomic mass is 10.2. The summed E-state index contributed by atoms with van der Waals surface area (Å²) in [5.74, 6) is -0.487. The van der Waals surface area contributed by atoms with Crippen molar-refractivity contribution in [1.82, 2.24) is 4.90 Å². The molecule has 0 unspecified atom stereocenters. The van der Waals surface area contributed by atoms with Gasteiger partial charge in [-0.3, -0.25) is 14.5 Å². The van der Waals surface area contributed by atoms with Gasteiger partial charge < -0.3 is 10.6 Å². The molecule has 1 aliphatic rings. The molecule has 0 atom stereocenters. The van der Waals surface area contributed by atoms with Gasteiger partial charge in [0, 0.05) is 30.7 Å². The highest BCUT2D eigenvalue weighted by Crippen LogP contribution is 2.18. The highest BCUT2D eigenvalue weighted by atomic mass is 16.2. The Bertz CT molecular complexity index is 479. The first kappa shape index (κ1) is 11.2. The number of likely N-dealkylation sites (N-methyl/N-ethyl adjacent to an activating group) is 1. The second-order valence-electron chi connectivity index (χ2n) is 3.89. The summed E-state index contributed by atoms with van der Waals surface area (Å²) in [7, 11) is 1.84. The van der Waals surface area contributed by atoms with Crippen LogP contribution in [0.3, 0.4) is 0 Å². The number of amides is 2. The van der Waals surface area contributed by atoms with E-state index in [1.807, 2.05) is 13.2 Å². The zero-order chi connectivity index (χ0) is 12.4. The molecule has 1 aromatic rings. The summed E-state index contributed by atoms with van der Waals surface area (Å²) < 4.78 is 0. The standard InChI is InChI=1S/C12H13N3O2/c1-14-6-7-15(11(16)8-14)10-4-2-9(3-5-10)12(13)17/h2-7H,8H2,1H3,(H2,13,17). The fourth-order valence-corrected chi connectivity index (χ4v) is 1.62. The van der Waals surface area contributed by atoms with Crippen LogP contribution in [0.4, 0.5) is 5.69 Å². The van der Waals surface area contributed by atoms with Gasteiger partial charge in [-0.2, -0.15) is 0 Å². The number of carbonyl (C=O) groups excluding carboxylic acids is 2. The Morgan fingerprint density at radius 1 is 1.24 bits per heavy atom. The van der Waals surface area contributed by atoms with Crippen LogP contribution in [0.5, 0.6) is 0 Å². The average Bonchev–Trinajstić information content (AvgIpc) is 2.29. The van der Waals surface area contributed by atoms with Crippen molar-refractivity contribution in [2.24, 2.45) is 5.73 Å². The van der Waals surface area contributed by atoms with Crippen LogP contribution in [0.2, 0.25) is 0 Å². The summed E-state index contributed by atoms with van der Waals surface area (Å²) in [6, 6.07) is 6.62. The predicted octanol–water partition coefficient (Wildman–Crippen LogP) is 0.535. The van der Waals surface area contributed by atoms with Gasteiger partial charge in [0.2, 0.25) is 5.91 Å². The molecule has 88 valence electrons. The first-order valence-corrected chi connectivity index (χ1v) is 5.18.